The van der Waals surface area contributed by atoms with E-state index in [2.05, 4.69) is 55.1 Å². The van der Waals surface area contributed by atoms with Gasteiger partial charge in [0.1, 0.15) is 5.82 Å². The summed E-state index contributed by atoms with van der Waals surface area (Å²) in [6.07, 6.45) is 1.88. The second-order valence-corrected chi connectivity index (χ2v) is 6.47. The number of guanidine groups is 1. The standard InChI is InChI=1S/C18H27N7/c1-13-15(10-22-24-13)9-21-18(19-2)25(3)12-17-20-11-16(23-17)14-7-5-4-6-8-14/h4-8,11,13,15,22,24H,9-10,12H2,1-3H3,(H,19,21)(H,20,23). The molecular weight excluding hydrogens is 314 g/mol. The van der Waals surface area contributed by atoms with Crippen LogP contribution in [0.25, 0.3) is 11.3 Å². The maximum absolute atomic E-state index is 4.50. The molecule has 4 N–H and O–H groups in total. The molecule has 3 rings (SSSR count). The third kappa shape index (κ3) is 4.37. The minimum atomic E-state index is 0.453. The third-order valence-electron chi connectivity index (χ3n) is 4.60. The van der Waals surface area contributed by atoms with Gasteiger partial charge in [0.2, 0.25) is 0 Å². The zero-order chi connectivity index (χ0) is 17.6. The maximum atomic E-state index is 4.50. The summed E-state index contributed by atoms with van der Waals surface area (Å²) in [5.41, 5.74) is 8.60. The van der Waals surface area contributed by atoms with Crippen molar-refractivity contribution in [2.75, 3.05) is 27.2 Å². The Bertz CT molecular complexity index is 694. The summed E-state index contributed by atoms with van der Waals surface area (Å²) in [4.78, 5) is 14.3. The molecule has 2 aromatic rings. The van der Waals surface area contributed by atoms with E-state index in [9.17, 15) is 0 Å². The van der Waals surface area contributed by atoms with E-state index in [0.29, 0.717) is 18.5 Å². The van der Waals surface area contributed by atoms with E-state index >= 15 is 0 Å². The number of aromatic amines is 1. The molecule has 2 heterocycles. The molecule has 0 saturated carbocycles. The van der Waals surface area contributed by atoms with E-state index < -0.39 is 0 Å². The third-order valence-corrected chi connectivity index (χ3v) is 4.60. The molecule has 1 aromatic carbocycles. The number of rotatable bonds is 5. The van der Waals surface area contributed by atoms with Gasteiger partial charge < -0.3 is 15.2 Å². The van der Waals surface area contributed by atoms with Crippen LogP contribution in [0.5, 0.6) is 0 Å². The lowest BCUT2D eigenvalue weighted by Gasteiger charge is -2.23. The van der Waals surface area contributed by atoms with Gasteiger partial charge in [-0.2, -0.15) is 0 Å². The molecule has 1 aliphatic rings. The molecule has 0 spiro atoms. The fourth-order valence-corrected chi connectivity index (χ4v) is 3.01. The van der Waals surface area contributed by atoms with Crippen LogP contribution >= 0.6 is 0 Å². The number of aliphatic imine (C=N–C) groups is 1. The molecule has 0 bridgehead atoms. The number of hydrogen-bond donors (Lipinski definition) is 4. The fourth-order valence-electron chi connectivity index (χ4n) is 3.01. The van der Waals surface area contributed by atoms with E-state index in [-0.39, 0.29) is 0 Å². The van der Waals surface area contributed by atoms with E-state index in [1.807, 2.05) is 38.5 Å². The van der Waals surface area contributed by atoms with Crippen molar-refractivity contribution in [3.05, 3.63) is 42.4 Å². The van der Waals surface area contributed by atoms with Crippen LogP contribution in [-0.4, -0.2) is 54.1 Å². The molecule has 2 unspecified atom stereocenters. The van der Waals surface area contributed by atoms with Gasteiger partial charge in [-0.25, -0.2) is 4.98 Å². The van der Waals surface area contributed by atoms with Crippen LogP contribution in [-0.2, 0) is 6.54 Å². The zero-order valence-corrected chi connectivity index (χ0v) is 15.1. The predicted octanol–water partition coefficient (Wildman–Crippen LogP) is 1.20. The summed E-state index contributed by atoms with van der Waals surface area (Å²) in [6.45, 7) is 4.70. The summed E-state index contributed by atoms with van der Waals surface area (Å²) in [6, 6.07) is 10.7. The van der Waals surface area contributed by atoms with Gasteiger partial charge in [0.25, 0.3) is 0 Å². The van der Waals surface area contributed by atoms with Crippen LogP contribution in [0.2, 0.25) is 0 Å². The molecule has 1 saturated heterocycles. The molecule has 2 atom stereocenters. The lowest BCUT2D eigenvalue weighted by Crippen LogP contribution is -2.42. The molecule has 134 valence electrons. The minimum Gasteiger partial charge on any atom is -0.356 e. The van der Waals surface area contributed by atoms with Crippen molar-refractivity contribution >= 4 is 5.96 Å². The molecule has 0 radical (unpaired) electrons. The van der Waals surface area contributed by atoms with Gasteiger partial charge in [0, 0.05) is 39.1 Å². The number of hydrogen-bond acceptors (Lipinski definition) is 4. The Labute approximate surface area is 148 Å². The van der Waals surface area contributed by atoms with Crippen molar-refractivity contribution in [1.82, 2.24) is 31.0 Å². The first-order valence-corrected chi connectivity index (χ1v) is 8.67. The van der Waals surface area contributed by atoms with Crippen LogP contribution in [0, 0.1) is 5.92 Å². The van der Waals surface area contributed by atoms with Crippen LogP contribution < -0.4 is 16.2 Å². The van der Waals surface area contributed by atoms with E-state index in [1.165, 1.54) is 0 Å². The highest BCUT2D eigenvalue weighted by atomic mass is 15.4. The Morgan fingerprint density at radius 2 is 2.16 bits per heavy atom. The normalized spacial score (nSPS) is 20.7. The number of imidazole rings is 1. The smallest absolute Gasteiger partial charge is 0.193 e. The summed E-state index contributed by atoms with van der Waals surface area (Å²) in [7, 11) is 3.83. The van der Waals surface area contributed by atoms with Crippen molar-refractivity contribution in [2.45, 2.75) is 19.5 Å². The zero-order valence-electron chi connectivity index (χ0n) is 15.1. The predicted molar refractivity (Wildman–Crippen MR) is 101 cm³/mol. The number of nitrogens with one attached hydrogen (secondary N) is 4. The van der Waals surface area contributed by atoms with E-state index in [0.717, 1.165) is 36.1 Å². The molecule has 7 nitrogen and oxygen atoms in total. The van der Waals surface area contributed by atoms with Gasteiger partial charge in [-0.05, 0) is 12.5 Å². The maximum Gasteiger partial charge on any atom is 0.193 e. The molecule has 1 fully saturated rings. The number of nitrogens with zero attached hydrogens (tertiary/aromatic N) is 3. The first-order chi connectivity index (χ1) is 12.2. The molecule has 0 amide bonds. The Morgan fingerprint density at radius 1 is 1.36 bits per heavy atom. The second kappa shape index (κ2) is 8.13. The van der Waals surface area contributed by atoms with Gasteiger partial charge in [0.15, 0.2) is 5.96 Å². The average molecular weight is 341 g/mol. The summed E-state index contributed by atoms with van der Waals surface area (Å²) >= 11 is 0. The van der Waals surface area contributed by atoms with Crippen LogP contribution in [0.1, 0.15) is 12.7 Å². The second-order valence-electron chi connectivity index (χ2n) is 6.47. The lowest BCUT2D eigenvalue weighted by molar-refractivity contribution is 0.437. The summed E-state index contributed by atoms with van der Waals surface area (Å²) in [5.74, 6) is 2.33. The molecular formula is C18H27N7. The Morgan fingerprint density at radius 3 is 2.84 bits per heavy atom. The summed E-state index contributed by atoms with van der Waals surface area (Å²) in [5, 5.41) is 3.45. The number of hydrazine groups is 1. The molecule has 0 aliphatic carbocycles. The van der Waals surface area contributed by atoms with Crippen molar-refractivity contribution in [3.8, 4) is 11.3 Å². The Hall–Kier alpha value is -2.38. The van der Waals surface area contributed by atoms with Crippen molar-refractivity contribution in [3.63, 3.8) is 0 Å². The van der Waals surface area contributed by atoms with Crippen molar-refractivity contribution in [1.29, 1.82) is 0 Å². The highest BCUT2D eigenvalue weighted by Gasteiger charge is 2.23. The Balaban J connectivity index is 1.57. The number of H-pyrrole nitrogens is 1. The first-order valence-electron chi connectivity index (χ1n) is 8.67. The van der Waals surface area contributed by atoms with Crippen LogP contribution in [0.15, 0.2) is 41.5 Å². The van der Waals surface area contributed by atoms with Gasteiger partial charge in [-0.15, -0.1) is 0 Å². The fraction of sp³-hybridized carbons (Fsp3) is 0.444. The van der Waals surface area contributed by atoms with Crippen LogP contribution in [0.3, 0.4) is 0 Å². The summed E-state index contributed by atoms with van der Waals surface area (Å²) < 4.78 is 0. The topological polar surface area (TPSA) is 80.4 Å². The van der Waals surface area contributed by atoms with Crippen LogP contribution in [0.4, 0.5) is 0 Å². The Kier molecular flexibility index (Phi) is 5.67. The van der Waals surface area contributed by atoms with Crippen molar-refractivity contribution in [2.24, 2.45) is 10.9 Å². The molecule has 25 heavy (non-hydrogen) atoms. The van der Waals surface area contributed by atoms with Gasteiger partial charge in [-0.3, -0.25) is 15.8 Å². The van der Waals surface area contributed by atoms with E-state index in [4.69, 9.17) is 0 Å². The van der Waals surface area contributed by atoms with Gasteiger partial charge in [0.05, 0.1) is 18.4 Å². The number of aromatic nitrogens is 2. The largest absolute Gasteiger partial charge is 0.356 e. The van der Waals surface area contributed by atoms with Crippen molar-refractivity contribution < 1.29 is 0 Å². The SMILES string of the molecule is CN=C(NCC1CNNC1C)N(C)Cc1ncc(-c2ccccc2)[nH]1. The average Bonchev–Trinajstić information content (AvgIpc) is 3.25. The molecule has 1 aliphatic heterocycles. The quantitative estimate of drug-likeness (QED) is 0.485. The highest BCUT2D eigenvalue weighted by molar-refractivity contribution is 5.79. The number of benzene rings is 1. The molecule has 7 heteroatoms. The highest BCUT2D eigenvalue weighted by Crippen LogP contribution is 2.16. The van der Waals surface area contributed by atoms with E-state index in [1.54, 1.807) is 0 Å². The molecule has 1 aromatic heterocycles. The van der Waals surface area contributed by atoms with Gasteiger partial charge in [-0.1, -0.05) is 30.3 Å². The minimum absolute atomic E-state index is 0.453. The first kappa shape index (κ1) is 17.4. The monoisotopic (exact) mass is 341 g/mol. The van der Waals surface area contributed by atoms with Gasteiger partial charge >= 0.3 is 0 Å². The lowest BCUT2D eigenvalue weighted by atomic mass is 10.0.